The van der Waals surface area contributed by atoms with Gasteiger partial charge in [-0.25, -0.2) is 19.7 Å². The summed E-state index contributed by atoms with van der Waals surface area (Å²) in [6.07, 6.45) is 2.63. The number of hydrogen-bond donors (Lipinski definition) is 2. The molecule has 0 unspecified atom stereocenters. The van der Waals surface area contributed by atoms with Crippen LogP contribution in [0.2, 0.25) is 0 Å². The largest absolute Gasteiger partial charge is 0.334 e. The molecule has 5 aromatic rings. The lowest BCUT2D eigenvalue weighted by molar-refractivity contribution is 0.0778. The molecule has 0 saturated heterocycles. The summed E-state index contributed by atoms with van der Waals surface area (Å²) in [5.74, 6) is 1.20. The Morgan fingerprint density at radius 2 is 1.91 bits per heavy atom. The molecule has 1 amide bonds. The Bertz CT molecular complexity index is 1660. The molecule has 0 radical (unpaired) electrons. The zero-order valence-corrected chi connectivity index (χ0v) is 20.4. The van der Waals surface area contributed by atoms with E-state index in [0.29, 0.717) is 34.5 Å². The quantitative estimate of drug-likeness (QED) is 0.408. The Morgan fingerprint density at radius 3 is 2.66 bits per heavy atom. The van der Waals surface area contributed by atoms with E-state index in [4.69, 9.17) is 9.97 Å². The first-order valence-electron chi connectivity index (χ1n) is 11.5. The number of nitrogens with one attached hydrogen (secondary N) is 2. The topological polar surface area (TPSA) is 113 Å². The zero-order valence-electron chi connectivity index (χ0n) is 20.4. The van der Waals surface area contributed by atoms with E-state index in [1.165, 1.54) is 0 Å². The molecule has 0 aliphatic carbocycles. The molecule has 5 rings (SSSR count). The van der Waals surface area contributed by atoms with Crippen molar-refractivity contribution in [3.05, 3.63) is 75.4 Å². The van der Waals surface area contributed by atoms with Crippen molar-refractivity contribution in [2.75, 3.05) is 7.05 Å². The predicted molar refractivity (Wildman–Crippen MR) is 135 cm³/mol. The number of carbonyl (C=O) groups is 1. The SMILES string of the molecule is CCc1ncc(CN(C)C(=O)c2nc(-c3cc(C)c4[nH]c(=O)[nH]c4c3)nc3ccc(C)cc23)n1C. The van der Waals surface area contributed by atoms with Crippen LogP contribution in [0.15, 0.2) is 41.3 Å². The maximum Gasteiger partial charge on any atom is 0.323 e. The highest BCUT2D eigenvalue weighted by molar-refractivity contribution is 6.05. The van der Waals surface area contributed by atoms with Gasteiger partial charge in [0.25, 0.3) is 5.91 Å². The fourth-order valence-corrected chi connectivity index (χ4v) is 4.44. The first-order chi connectivity index (χ1) is 16.7. The van der Waals surface area contributed by atoms with Gasteiger partial charge < -0.3 is 19.4 Å². The maximum atomic E-state index is 13.7. The summed E-state index contributed by atoms with van der Waals surface area (Å²) in [4.78, 5) is 46.7. The Labute approximate surface area is 201 Å². The second-order valence-electron chi connectivity index (χ2n) is 8.95. The number of hydrogen-bond acceptors (Lipinski definition) is 5. The van der Waals surface area contributed by atoms with Gasteiger partial charge in [-0.15, -0.1) is 0 Å². The van der Waals surface area contributed by atoms with Crippen LogP contribution in [-0.4, -0.2) is 47.3 Å². The van der Waals surface area contributed by atoms with Crippen molar-refractivity contribution in [3.63, 3.8) is 0 Å². The Balaban J connectivity index is 1.61. The van der Waals surface area contributed by atoms with Gasteiger partial charge in [0.2, 0.25) is 0 Å². The number of nitrogens with zero attached hydrogens (tertiary/aromatic N) is 5. The normalized spacial score (nSPS) is 11.5. The lowest BCUT2D eigenvalue weighted by atomic mass is 10.1. The third kappa shape index (κ3) is 3.99. The highest BCUT2D eigenvalue weighted by atomic mass is 16.2. The van der Waals surface area contributed by atoms with Crippen molar-refractivity contribution in [3.8, 4) is 11.4 Å². The Hall–Kier alpha value is -4.27. The summed E-state index contributed by atoms with van der Waals surface area (Å²) >= 11 is 0. The molecule has 0 aliphatic rings. The Morgan fingerprint density at radius 1 is 1.11 bits per heavy atom. The molecule has 0 bridgehead atoms. The maximum absolute atomic E-state index is 13.7. The smallest absolute Gasteiger partial charge is 0.323 e. The van der Waals surface area contributed by atoms with E-state index < -0.39 is 0 Å². The number of aryl methyl sites for hydroxylation is 3. The van der Waals surface area contributed by atoms with E-state index >= 15 is 0 Å². The third-order valence-electron chi connectivity index (χ3n) is 6.38. The molecule has 2 N–H and O–H groups in total. The van der Waals surface area contributed by atoms with Crippen LogP contribution in [0.3, 0.4) is 0 Å². The number of benzene rings is 2. The summed E-state index contributed by atoms with van der Waals surface area (Å²) in [5, 5.41) is 0.706. The van der Waals surface area contributed by atoms with Crippen LogP contribution >= 0.6 is 0 Å². The molecule has 3 heterocycles. The summed E-state index contributed by atoms with van der Waals surface area (Å²) in [6, 6.07) is 9.57. The molecule has 0 spiro atoms. The molecule has 2 aromatic carbocycles. The predicted octanol–water partition coefficient (Wildman–Crippen LogP) is 3.65. The van der Waals surface area contributed by atoms with Crippen LogP contribution in [0, 0.1) is 13.8 Å². The molecule has 0 aliphatic heterocycles. The molecule has 35 heavy (non-hydrogen) atoms. The van der Waals surface area contributed by atoms with Gasteiger partial charge in [0.05, 0.1) is 35.0 Å². The van der Waals surface area contributed by atoms with Crippen LogP contribution in [0.1, 0.15) is 40.1 Å². The number of aromatic amines is 2. The van der Waals surface area contributed by atoms with Gasteiger partial charge in [-0.05, 0) is 43.7 Å². The highest BCUT2D eigenvalue weighted by Gasteiger charge is 2.21. The van der Waals surface area contributed by atoms with E-state index in [9.17, 15) is 9.59 Å². The number of H-pyrrole nitrogens is 2. The number of imidazole rings is 2. The van der Waals surface area contributed by atoms with E-state index in [1.807, 2.05) is 62.0 Å². The van der Waals surface area contributed by atoms with E-state index in [2.05, 4.69) is 21.9 Å². The molecule has 0 fully saturated rings. The number of amides is 1. The molecule has 3 aromatic heterocycles. The van der Waals surface area contributed by atoms with Crippen LogP contribution in [-0.2, 0) is 20.0 Å². The van der Waals surface area contributed by atoms with Crippen molar-refractivity contribution >= 4 is 27.8 Å². The van der Waals surface area contributed by atoms with E-state index in [0.717, 1.165) is 40.1 Å². The number of carbonyl (C=O) groups excluding carboxylic acids is 1. The van der Waals surface area contributed by atoms with Crippen molar-refractivity contribution in [2.24, 2.45) is 7.05 Å². The average Bonchev–Trinajstić information content (AvgIpc) is 3.39. The van der Waals surface area contributed by atoms with Crippen molar-refractivity contribution in [1.29, 1.82) is 0 Å². The lowest BCUT2D eigenvalue weighted by Gasteiger charge is -2.19. The van der Waals surface area contributed by atoms with Crippen molar-refractivity contribution < 1.29 is 4.79 Å². The third-order valence-corrected chi connectivity index (χ3v) is 6.38. The molecule has 178 valence electrons. The molecule has 9 heteroatoms. The minimum absolute atomic E-state index is 0.198. The average molecular weight is 470 g/mol. The summed E-state index contributed by atoms with van der Waals surface area (Å²) in [6.45, 7) is 6.36. The highest BCUT2D eigenvalue weighted by Crippen LogP contribution is 2.27. The molecular weight excluding hydrogens is 442 g/mol. The van der Waals surface area contributed by atoms with Gasteiger partial charge >= 0.3 is 5.69 Å². The zero-order chi connectivity index (χ0) is 24.9. The molecule has 0 saturated carbocycles. The monoisotopic (exact) mass is 469 g/mol. The van der Waals surface area contributed by atoms with Crippen LogP contribution in [0.5, 0.6) is 0 Å². The van der Waals surface area contributed by atoms with E-state index in [1.54, 1.807) is 11.9 Å². The first kappa shape index (κ1) is 22.5. The second-order valence-corrected chi connectivity index (χ2v) is 8.95. The van der Waals surface area contributed by atoms with Crippen LogP contribution in [0.4, 0.5) is 0 Å². The molecule has 0 atom stereocenters. The van der Waals surface area contributed by atoms with Gasteiger partial charge in [-0.3, -0.25) is 4.79 Å². The lowest BCUT2D eigenvalue weighted by Crippen LogP contribution is -2.28. The number of fused-ring (bicyclic) bond motifs is 2. The van der Waals surface area contributed by atoms with E-state index in [-0.39, 0.29) is 11.6 Å². The van der Waals surface area contributed by atoms with Gasteiger partial charge in [0, 0.05) is 31.5 Å². The first-order valence-corrected chi connectivity index (χ1v) is 11.5. The Kier molecular flexibility index (Phi) is 5.47. The minimum Gasteiger partial charge on any atom is -0.334 e. The van der Waals surface area contributed by atoms with Gasteiger partial charge in [-0.1, -0.05) is 18.6 Å². The van der Waals surface area contributed by atoms with Crippen LogP contribution < -0.4 is 5.69 Å². The van der Waals surface area contributed by atoms with Crippen molar-refractivity contribution in [2.45, 2.75) is 33.7 Å². The standard InChI is InChI=1S/C26H27N7O2/c1-6-21-27-12-17(33(21)5)13-32(4)25(34)23-18-9-14(2)7-8-19(18)28-24(30-23)16-10-15(3)22-20(11-16)29-26(35)31-22/h7-12H,6,13H2,1-5H3,(H2,29,31,35). The summed E-state index contributed by atoms with van der Waals surface area (Å²) in [7, 11) is 3.73. The number of aromatic nitrogens is 6. The molecular formula is C26H27N7O2. The van der Waals surface area contributed by atoms with Crippen LogP contribution in [0.25, 0.3) is 33.3 Å². The van der Waals surface area contributed by atoms with Gasteiger partial charge in [-0.2, -0.15) is 0 Å². The van der Waals surface area contributed by atoms with Gasteiger partial charge in [0.15, 0.2) is 5.82 Å². The fraction of sp³-hybridized carbons (Fsp3) is 0.269. The second kappa shape index (κ2) is 8.50. The summed E-state index contributed by atoms with van der Waals surface area (Å²) in [5.41, 5.74) is 5.76. The summed E-state index contributed by atoms with van der Waals surface area (Å²) < 4.78 is 2.02. The van der Waals surface area contributed by atoms with Crippen molar-refractivity contribution in [1.82, 2.24) is 34.4 Å². The fourth-order valence-electron chi connectivity index (χ4n) is 4.44. The number of rotatable bonds is 5. The molecule has 9 nitrogen and oxygen atoms in total. The van der Waals surface area contributed by atoms with Gasteiger partial charge in [0.1, 0.15) is 11.5 Å². The minimum atomic E-state index is -0.269.